The fourth-order valence-corrected chi connectivity index (χ4v) is 4.23. The minimum Gasteiger partial charge on any atom is -0.311 e. The molecular weight excluding hydrogens is 343 g/mol. The van der Waals surface area contributed by atoms with Gasteiger partial charge in [0.25, 0.3) is 5.56 Å². The average molecular weight is 363 g/mol. The Morgan fingerprint density at radius 2 is 1.81 bits per heavy atom. The van der Waals surface area contributed by atoms with Crippen molar-refractivity contribution in [1.82, 2.24) is 14.9 Å². The van der Waals surface area contributed by atoms with Gasteiger partial charge in [0, 0.05) is 30.6 Å². The van der Waals surface area contributed by atoms with Gasteiger partial charge in [-0.15, -0.1) is 0 Å². The molecule has 0 radical (unpaired) electrons. The zero-order chi connectivity index (χ0) is 18.5. The lowest BCUT2D eigenvalue weighted by atomic mass is 9.98. The molecule has 0 amide bonds. The molecule has 2 atom stereocenters. The molecular formula is C19H20F3N3O. The number of hydrogen-bond donors (Lipinski definition) is 1. The summed E-state index contributed by atoms with van der Waals surface area (Å²) in [5.41, 5.74) is 1.81. The number of halogens is 3. The van der Waals surface area contributed by atoms with Gasteiger partial charge in [-0.2, -0.15) is 13.2 Å². The highest BCUT2D eigenvalue weighted by Gasteiger charge is 2.38. The van der Waals surface area contributed by atoms with Gasteiger partial charge in [-0.25, -0.2) is 4.98 Å². The molecule has 0 aliphatic carbocycles. The first kappa shape index (κ1) is 17.3. The molecule has 2 bridgehead atoms. The van der Waals surface area contributed by atoms with Crippen LogP contribution in [0.25, 0.3) is 0 Å². The van der Waals surface area contributed by atoms with Crippen molar-refractivity contribution in [3.8, 4) is 0 Å². The molecule has 26 heavy (non-hydrogen) atoms. The summed E-state index contributed by atoms with van der Waals surface area (Å²) in [6.45, 7) is 2.38. The van der Waals surface area contributed by atoms with E-state index in [1.165, 1.54) is 0 Å². The number of rotatable bonds is 2. The highest BCUT2D eigenvalue weighted by molar-refractivity contribution is 5.27. The summed E-state index contributed by atoms with van der Waals surface area (Å²) in [6, 6.07) is 5.88. The van der Waals surface area contributed by atoms with Crippen molar-refractivity contribution in [1.29, 1.82) is 0 Å². The standard InChI is InChI=1S/C19H20F3N3O/c1-11-23-17-9-15-7-6-14(8-16(17)18(26)24-11)25(15)10-12-2-4-13(5-3-12)19(20,21)22/h2-5,14-15H,6-10H2,1H3,(H,23,24,26). The monoisotopic (exact) mass is 363 g/mol. The van der Waals surface area contributed by atoms with Gasteiger partial charge in [0.05, 0.1) is 11.3 Å². The number of alkyl halides is 3. The summed E-state index contributed by atoms with van der Waals surface area (Å²) in [5, 5.41) is 0. The van der Waals surface area contributed by atoms with Crippen molar-refractivity contribution in [2.75, 3.05) is 0 Å². The van der Waals surface area contributed by atoms with Gasteiger partial charge in [0.15, 0.2) is 0 Å². The van der Waals surface area contributed by atoms with Crippen LogP contribution in [0, 0.1) is 6.92 Å². The number of hydrogen-bond acceptors (Lipinski definition) is 3. The van der Waals surface area contributed by atoms with Crippen LogP contribution in [0.4, 0.5) is 13.2 Å². The number of aryl methyl sites for hydroxylation is 1. The Morgan fingerprint density at radius 3 is 2.46 bits per heavy atom. The van der Waals surface area contributed by atoms with E-state index >= 15 is 0 Å². The Balaban J connectivity index is 1.58. The molecule has 2 aromatic rings. The lowest BCUT2D eigenvalue weighted by Crippen LogP contribution is -2.36. The number of H-pyrrole nitrogens is 1. The summed E-state index contributed by atoms with van der Waals surface area (Å²) in [4.78, 5) is 21.9. The van der Waals surface area contributed by atoms with Crippen LogP contribution < -0.4 is 5.56 Å². The largest absolute Gasteiger partial charge is 0.416 e. The Bertz CT molecular complexity index is 873. The quantitative estimate of drug-likeness (QED) is 0.891. The Hall–Kier alpha value is -2.15. The van der Waals surface area contributed by atoms with Crippen LogP contribution in [0.3, 0.4) is 0 Å². The van der Waals surface area contributed by atoms with Gasteiger partial charge < -0.3 is 4.98 Å². The maximum atomic E-state index is 12.7. The van der Waals surface area contributed by atoms with Crippen molar-refractivity contribution in [2.24, 2.45) is 0 Å². The highest BCUT2D eigenvalue weighted by Crippen LogP contribution is 2.34. The van der Waals surface area contributed by atoms with E-state index in [0.717, 1.165) is 48.2 Å². The van der Waals surface area contributed by atoms with E-state index in [4.69, 9.17) is 0 Å². The minimum atomic E-state index is -4.31. The van der Waals surface area contributed by atoms with Gasteiger partial charge in [0.1, 0.15) is 5.82 Å². The predicted molar refractivity (Wildman–Crippen MR) is 90.8 cm³/mol. The third-order valence-corrected chi connectivity index (χ3v) is 5.51. The second kappa shape index (κ2) is 6.23. The van der Waals surface area contributed by atoms with Gasteiger partial charge in [-0.1, -0.05) is 12.1 Å². The average Bonchev–Trinajstić information content (AvgIpc) is 2.83. The second-order valence-corrected chi connectivity index (χ2v) is 7.24. The SMILES string of the molecule is Cc1nc2c(c(=O)[nH]1)CC1CCC(C2)N1Cc1ccc(C(F)(F)F)cc1. The maximum Gasteiger partial charge on any atom is 0.416 e. The molecule has 138 valence electrons. The van der Waals surface area contributed by atoms with Gasteiger partial charge in [0.2, 0.25) is 0 Å². The topological polar surface area (TPSA) is 49.0 Å². The molecule has 0 saturated carbocycles. The Morgan fingerprint density at radius 1 is 1.15 bits per heavy atom. The second-order valence-electron chi connectivity index (χ2n) is 7.24. The maximum absolute atomic E-state index is 12.7. The third kappa shape index (κ3) is 3.16. The van der Waals surface area contributed by atoms with E-state index in [9.17, 15) is 18.0 Å². The summed E-state index contributed by atoms with van der Waals surface area (Å²) < 4.78 is 38.2. The van der Waals surface area contributed by atoms with E-state index in [1.807, 2.05) is 0 Å². The highest BCUT2D eigenvalue weighted by atomic mass is 19.4. The number of fused-ring (bicyclic) bond motifs is 3. The Kier molecular flexibility index (Phi) is 4.14. The van der Waals surface area contributed by atoms with Gasteiger partial charge >= 0.3 is 6.18 Å². The van der Waals surface area contributed by atoms with E-state index < -0.39 is 11.7 Å². The normalized spacial score (nSPS) is 22.9. The summed E-state index contributed by atoms with van der Waals surface area (Å²) in [5.74, 6) is 0.626. The van der Waals surface area contributed by atoms with Crippen molar-refractivity contribution in [3.05, 3.63) is 62.8 Å². The van der Waals surface area contributed by atoms with Gasteiger partial charge in [-0.3, -0.25) is 9.69 Å². The van der Waals surface area contributed by atoms with Crippen LogP contribution in [0.15, 0.2) is 29.1 Å². The lowest BCUT2D eigenvalue weighted by Gasteiger charge is -2.28. The number of aromatic nitrogens is 2. The number of nitrogens with zero attached hydrogens (tertiary/aromatic N) is 2. The van der Waals surface area contributed by atoms with Gasteiger partial charge in [-0.05, 0) is 43.9 Å². The smallest absolute Gasteiger partial charge is 0.311 e. The number of nitrogens with one attached hydrogen (secondary N) is 1. The van der Waals surface area contributed by atoms with Crippen molar-refractivity contribution in [2.45, 2.75) is 57.4 Å². The number of benzene rings is 1. The van der Waals surface area contributed by atoms with Crippen molar-refractivity contribution in [3.63, 3.8) is 0 Å². The molecule has 2 aliphatic heterocycles. The molecule has 0 spiro atoms. The van der Waals surface area contributed by atoms with Crippen LogP contribution in [0.5, 0.6) is 0 Å². The zero-order valence-electron chi connectivity index (χ0n) is 14.4. The molecule has 3 heterocycles. The van der Waals surface area contributed by atoms with E-state index in [0.29, 0.717) is 18.8 Å². The molecule has 4 rings (SSSR count). The molecule has 1 aromatic carbocycles. The van der Waals surface area contributed by atoms with Crippen molar-refractivity contribution < 1.29 is 13.2 Å². The summed E-state index contributed by atoms with van der Waals surface area (Å²) in [6.07, 6.45) is -0.922. The van der Waals surface area contributed by atoms with Crippen LogP contribution in [0.2, 0.25) is 0 Å². The summed E-state index contributed by atoms with van der Waals surface area (Å²) in [7, 11) is 0. The van der Waals surface area contributed by atoms with Crippen LogP contribution in [-0.2, 0) is 25.6 Å². The fraction of sp³-hybridized carbons (Fsp3) is 0.474. The third-order valence-electron chi connectivity index (χ3n) is 5.51. The molecule has 1 N–H and O–H groups in total. The molecule has 2 aliphatic rings. The minimum absolute atomic E-state index is 0.0606. The van der Waals surface area contributed by atoms with E-state index in [2.05, 4.69) is 14.9 Å². The molecule has 1 aromatic heterocycles. The Labute approximate surface area is 149 Å². The summed E-state index contributed by atoms with van der Waals surface area (Å²) >= 11 is 0. The first-order valence-electron chi connectivity index (χ1n) is 8.82. The number of aromatic amines is 1. The lowest BCUT2D eigenvalue weighted by molar-refractivity contribution is -0.137. The fourth-order valence-electron chi connectivity index (χ4n) is 4.23. The molecule has 7 heteroatoms. The molecule has 1 fully saturated rings. The van der Waals surface area contributed by atoms with Crippen LogP contribution in [0.1, 0.15) is 41.1 Å². The molecule has 1 saturated heterocycles. The van der Waals surface area contributed by atoms with E-state index in [-0.39, 0.29) is 17.6 Å². The van der Waals surface area contributed by atoms with E-state index in [1.54, 1.807) is 19.1 Å². The first-order valence-corrected chi connectivity index (χ1v) is 8.82. The van der Waals surface area contributed by atoms with Crippen molar-refractivity contribution >= 4 is 0 Å². The first-order chi connectivity index (χ1) is 12.3. The molecule has 2 unspecified atom stereocenters. The molecule has 4 nitrogen and oxygen atoms in total. The van der Waals surface area contributed by atoms with Crippen LogP contribution >= 0.6 is 0 Å². The van der Waals surface area contributed by atoms with Crippen LogP contribution in [-0.4, -0.2) is 27.0 Å². The predicted octanol–water partition coefficient (Wildman–Crippen LogP) is 3.23. The zero-order valence-corrected chi connectivity index (χ0v) is 14.4.